The Morgan fingerprint density at radius 3 is 1.62 bits per heavy atom. The van der Waals surface area contributed by atoms with Crippen LogP contribution in [-0.4, -0.2) is 59.7 Å². The summed E-state index contributed by atoms with van der Waals surface area (Å²) in [5.74, 6) is -1.28. The smallest absolute Gasteiger partial charge is 0.335 e. The SMILES string of the molecule is COc1cc(/C=C2/C(=O)O[C@@H](c3cc(OC)c(OC)c(OC)c3)[C@@H]2C(=O)O)cc(OC)c1OC. The van der Waals surface area contributed by atoms with Crippen molar-refractivity contribution in [3.8, 4) is 34.5 Å². The fourth-order valence-corrected chi connectivity index (χ4v) is 3.84. The number of hydrogen-bond acceptors (Lipinski definition) is 9. The van der Waals surface area contributed by atoms with Crippen LogP contribution in [0.15, 0.2) is 29.8 Å². The van der Waals surface area contributed by atoms with Crippen molar-refractivity contribution in [3.05, 3.63) is 41.0 Å². The van der Waals surface area contributed by atoms with Crippen LogP contribution >= 0.6 is 0 Å². The van der Waals surface area contributed by atoms with E-state index >= 15 is 0 Å². The molecule has 1 saturated heterocycles. The van der Waals surface area contributed by atoms with Crippen molar-refractivity contribution < 1.29 is 47.9 Å². The maximum absolute atomic E-state index is 12.8. The number of carboxylic acid groups (broad SMARTS) is 1. The molecule has 1 aliphatic heterocycles. The number of cyclic esters (lactones) is 1. The average molecular weight is 474 g/mol. The zero-order chi connectivity index (χ0) is 25.0. The van der Waals surface area contributed by atoms with Gasteiger partial charge in [0.2, 0.25) is 11.5 Å². The van der Waals surface area contributed by atoms with Gasteiger partial charge < -0.3 is 38.3 Å². The molecule has 34 heavy (non-hydrogen) atoms. The molecule has 182 valence electrons. The Balaban J connectivity index is 2.12. The summed E-state index contributed by atoms with van der Waals surface area (Å²) in [5.41, 5.74) is 0.808. The van der Waals surface area contributed by atoms with Gasteiger partial charge in [-0.15, -0.1) is 0 Å². The molecule has 0 spiro atoms. The summed E-state index contributed by atoms with van der Waals surface area (Å²) in [7, 11) is 8.71. The van der Waals surface area contributed by atoms with Gasteiger partial charge >= 0.3 is 11.9 Å². The van der Waals surface area contributed by atoms with Crippen molar-refractivity contribution in [1.82, 2.24) is 0 Å². The quantitative estimate of drug-likeness (QED) is 0.429. The maximum atomic E-state index is 12.8. The molecule has 0 radical (unpaired) electrons. The molecule has 1 aliphatic rings. The molecule has 2 atom stereocenters. The van der Waals surface area contributed by atoms with Crippen LogP contribution in [0.25, 0.3) is 6.08 Å². The topological polar surface area (TPSA) is 119 Å². The Kier molecular flexibility index (Phi) is 7.40. The van der Waals surface area contributed by atoms with E-state index in [0.29, 0.717) is 45.6 Å². The monoisotopic (exact) mass is 474 g/mol. The first-order chi connectivity index (χ1) is 16.3. The minimum absolute atomic E-state index is 0.0412. The highest BCUT2D eigenvalue weighted by Crippen LogP contribution is 2.46. The lowest BCUT2D eigenvalue weighted by atomic mass is 9.90. The van der Waals surface area contributed by atoms with E-state index in [0.717, 1.165) is 0 Å². The standard InChI is InChI=1S/C24H26O10/c1-28-15-8-12(9-16(29-2)21(15)32-5)7-14-19(23(25)26)20(34-24(14)27)13-10-17(30-3)22(33-6)18(11-13)31-4/h7-11,19-20H,1-6H3,(H,25,26)/b14-7+/t19-,20+/m1/s1. The third-order valence-corrected chi connectivity index (χ3v) is 5.40. The lowest BCUT2D eigenvalue weighted by molar-refractivity contribution is -0.144. The Hall–Kier alpha value is -4.08. The molecule has 1 N–H and O–H groups in total. The van der Waals surface area contributed by atoms with Gasteiger partial charge in [0.25, 0.3) is 0 Å². The third kappa shape index (κ3) is 4.39. The molecule has 0 aromatic heterocycles. The van der Waals surface area contributed by atoms with Gasteiger partial charge in [-0.1, -0.05) is 0 Å². The molecule has 0 saturated carbocycles. The van der Waals surface area contributed by atoms with Crippen LogP contribution in [0.5, 0.6) is 34.5 Å². The number of carbonyl (C=O) groups is 2. The number of benzene rings is 2. The van der Waals surface area contributed by atoms with Crippen molar-refractivity contribution in [2.24, 2.45) is 5.92 Å². The second-order valence-corrected chi connectivity index (χ2v) is 7.16. The van der Waals surface area contributed by atoms with E-state index in [4.69, 9.17) is 33.2 Å². The van der Waals surface area contributed by atoms with Gasteiger partial charge in [0, 0.05) is 5.56 Å². The van der Waals surface area contributed by atoms with Crippen molar-refractivity contribution in [3.63, 3.8) is 0 Å². The van der Waals surface area contributed by atoms with E-state index in [-0.39, 0.29) is 5.57 Å². The van der Waals surface area contributed by atoms with Crippen LogP contribution < -0.4 is 28.4 Å². The predicted octanol–water partition coefficient (Wildman–Crippen LogP) is 3.12. The largest absolute Gasteiger partial charge is 0.493 e. The van der Waals surface area contributed by atoms with Gasteiger partial charge in [0.05, 0.1) is 48.2 Å². The first-order valence-electron chi connectivity index (χ1n) is 10.1. The first kappa shape index (κ1) is 24.6. The zero-order valence-electron chi connectivity index (χ0n) is 19.7. The number of carbonyl (C=O) groups excluding carboxylic acids is 1. The fourth-order valence-electron chi connectivity index (χ4n) is 3.84. The number of aliphatic carboxylic acids is 1. The Bertz CT molecular complexity index is 1070. The molecule has 10 heteroatoms. The highest BCUT2D eigenvalue weighted by atomic mass is 16.6. The Morgan fingerprint density at radius 1 is 0.794 bits per heavy atom. The number of hydrogen-bond donors (Lipinski definition) is 1. The highest BCUT2D eigenvalue weighted by molar-refractivity contribution is 6.02. The average Bonchev–Trinajstić information content (AvgIpc) is 3.18. The minimum Gasteiger partial charge on any atom is -0.493 e. The van der Waals surface area contributed by atoms with E-state index in [9.17, 15) is 14.7 Å². The molecular formula is C24H26O10. The Labute approximate surface area is 196 Å². The molecule has 2 aromatic carbocycles. The summed E-state index contributed by atoms with van der Waals surface area (Å²) in [4.78, 5) is 25.1. The van der Waals surface area contributed by atoms with Crippen molar-refractivity contribution in [2.45, 2.75) is 6.10 Å². The van der Waals surface area contributed by atoms with Crippen LogP contribution in [0, 0.1) is 5.92 Å². The molecule has 1 fully saturated rings. The lowest BCUT2D eigenvalue weighted by Crippen LogP contribution is -2.19. The fraction of sp³-hybridized carbons (Fsp3) is 0.333. The highest BCUT2D eigenvalue weighted by Gasteiger charge is 2.46. The maximum Gasteiger partial charge on any atom is 0.335 e. The summed E-state index contributed by atoms with van der Waals surface area (Å²) in [6.07, 6.45) is 0.316. The number of rotatable bonds is 9. The van der Waals surface area contributed by atoms with Crippen molar-refractivity contribution >= 4 is 18.0 Å². The summed E-state index contributed by atoms with van der Waals surface area (Å²) in [5, 5.41) is 10.0. The number of esters is 1. The van der Waals surface area contributed by atoms with E-state index in [2.05, 4.69) is 0 Å². The summed E-state index contributed by atoms with van der Waals surface area (Å²) >= 11 is 0. The molecule has 0 aliphatic carbocycles. The second-order valence-electron chi connectivity index (χ2n) is 7.16. The minimum atomic E-state index is -1.30. The molecule has 3 rings (SSSR count). The van der Waals surface area contributed by atoms with Crippen LogP contribution in [0.4, 0.5) is 0 Å². The molecule has 1 heterocycles. The van der Waals surface area contributed by atoms with Gasteiger partial charge in [-0.05, 0) is 35.9 Å². The second kappa shape index (κ2) is 10.2. The van der Waals surface area contributed by atoms with Crippen LogP contribution in [0.2, 0.25) is 0 Å². The summed E-state index contributed by atoms with van der Waals surface area (Å²) in [6, 6.07) is 6.32. The van der Waals surface area contributed by atoms with E-state index in [1.807, 2.05) is 0 Å². The van der Waals surface area contributed by atoms with Crippen LogP contribution in [0.1, 0.15) is 17.2 Å². The molecule has 0 amide bonds. The molecule has 10 nitrogen and oxygen atoms in total. The first-order valence-corrected chi connectivity index (χ1v) is 10.1. The van der Waals surface area contributed by atoms with Crippen molar-refractivity contribution in [2.75, 3.05) is 42.7 Å². The Morgan fingerprint density at radius 2 is 1.24 bits per heavy atom. The molecule has 2 aromatic rings. The van der Waals surface area contributed by atoms with Gasteiger partial charge in [0.1, 0.15) is 12.0 Å². The van der Waals surface area contributed by atoms with Crippen molar-refractivity contribution in [1.29, 1.82) is 0 Å². The predicted molar refractivity (Wildman–Crippen MR) is 120 cm³/mol. The van der Waals surface area contributed by atoms with Gasteiger partial charge in [-0.2, -0.15) is 0 Å². The lowest BCUT2D eigenvalue weighted by Gasteiger charge is -2.19. The van der Waals surface area contributed by atoms with Crippen LogP contribution in [0.3, 0.4) is 0 Å². The van der Waals surface area contributed by atoms with E-state index in [1.165, 1.54) is 48.7 Å². The summed E-state index contributed by atoms with van der Waals surface area (Å²) in [6.45, 7) is 0. The molecular weight excluding hydrogens is 448 g/mol. The van der Waals surface area contributed by atoms with Gasteiger partial charge in [-0.3, -0.25) is 4.79 Å². The van der Waals surface area contributed by atoms with Gasteiger partial charge in [0.15, 0.2) is 23.0 Å². The van der Waals surface area contributed by atoms with Gasteiger partial charge in [-0.25, -0.2) is 4.79 Å². The third-order valence-electron chi connectivity index (χ3n) is 5.40. The summed E-state index contributed by atoms with van der Waals surface area (Å²) < 4.78 is 37.5. The van der Waals surface area contributed by atoms with E-state index in [1.54, 1.807) is 24.3 Å². The molecule has 0 unspecified atom stereocenters. The molecule has 0 bridgehead atoms. The number of ether oxygens (including phenoxy) is 7. The zero-order valence-corrected chi connectivity index (χ0v) is 19.7. The van der Waals surface area contributed by atoms with E-state index < -0.39 is 24.0 Å². The number of methoxy groups -OCH3 is 6. The van der Waals surface area contributed by atoms with Crippen LogP contribution in [-0.2, 0) is 14.3 Å². The number of carboxylic acids is 1. The normalized spacial score (nSPS) is 18.3.